The van der Waals surface area contributed by atoms with Gasteiger partial charge in [0.15, 0.2) is 0 Å². The fourth-order valence-electron chi connectivity index (χ4n) is 2.26. The van der Waals surface area contributed by atoms with Crippen molar-refractivity contribution in [2.24, 2.45) is 5.92 Å². The Hall–Kier alpha value is -0.850. The summed E-state index contributed by atoms with van der Waals surface area (Å²) in [7, 11) is 5.01. The van der Waals surface area contributed by atoms with Crippen molar-refractivity contribution in [3.05, 3.63) is 0 Å². The number of rotatable bonds is 7. The number of amides is 2. The zero-order valence-electron chi connectivity index (χ0n) is 13.3. The molecule has 0 saturated carbocycles. The summed E-state index contributed by atoms with van der Waals surface area (Å²) in [4.78, 5) is 27.3. The fraction of sp³-hybridized carbons (Fsp3) is 0.857. The average molecular weight is 322 g/mol. The zero-order valence-corrected chi connectivity index (χ0v) is 14.1. The van der Waals surface area contributed by atoms with Gasteiger partial charge in [-0.1, -0.05) is 0 Å². The molecule has 0 aliphatic carbocycles. The van der Waals surface area contributed by atoms with E-state index in [0.29, 0.717) is 25.5 Å². The van der Waals surface area contributed by atoms with Crippen molar-refractivity contribution in [1.82, 2.24) is 15.1 Å². The first kappa shape index (κ1) is 20.1. The van der Waals surface area contributed by atoms with E-state index in [-0.39, 0.29) is 30.8 Å². The van der Waals surface area contributed by atoms with Gasteiger partial charge >= 0.3 is 0 Å². The van der Waals surface area contributed by atoms with Gasteiger partial charge < -0.3 is 19.9 Å². The lowest BCUT2D eigenvalue weighted by atomic mass is 9.94. The average Bonchev–Trinajstić information content (AvgIpc) is 2.43. The van der Waals surface area contributed by atoms with Gasteiger partial charge in [-0.15, -0.1) is 12.4 Å². The van der Waals surface area contributed by atoms with Crippen LogP contribution in [0.25, 0.3) is 0 Å². The first-order valence-electron chi connectivity index (χ1n) is 7.22. The standard InChI is InChI=1S/C14H27N3O3.ClH/c1-16(2)14(19)11-17(8-9-20-3)13(18)10-12-4-6-15-7-5-12;/h12,15H,4-11H2,1-3H3;1H. The van der Waals surface area contributed by atoms with Crippen LogP contribution in [0.1, 0.15) is 19.3 Å². The van der Waals surface area contributed by atoms with E-state index in [0.717, 1.165) is 25.9 Å². The van der Waals surface area contributed by atoms with Crippen molar-refractivity contribution in [3.63, 3.8) is 0 Å². The van der Waals surface area contributed by atoms with Crippen LogP contribution in [-0.2, 0) is 14.3 Å². The molecule has 0 aromatic carbocycles. The normalized spacial score (nSPS) is 15.2. The highest BCUT2D eigenvalue weighted by molar-refractivity contribution is 5.85. The van der Waals surface area contributed by atoms with Crippen LogP contribution in [0.4, 0.5) is 0 Å². The maximum Gasteiger partial charge on any atom is 0.241 e. The van der Waals surface area contributed by atoms with E-state index in [4.69, 9.17) is 4.74 Å². The van der Waals surface area contributed by atoms with Crippen LogP contribution in [0.15, 0.2) is 0 Å². The van der Waals surface area contributed by atoms with Gasteiger partial charge in [0.05, 0.1) is 13.2 Å². The molecule has 1 saturated heterocycles. The summed E-state index contributed by atoms with van der Waals surface area (Å²) >= 11 is 0. The number of methoxy groups -OCH3 is 1. The molecule has 0 radical (unpaired) electrons. The second kappa shape index (κ2) is 10.8. The number of carbonyl (C=O) groups is 2. The van der Waals surface area contributed by atoms with Crippen LogP contribution in [0.5, 0.6) is 0 Å². The number of likely N-dealkylation sites (N-methyl/N-ethyl adjacent to an activating group) is 1. The minimum absolute atomic E-state index is 0. The van der Waals surface area contributed by atoms with E-state index in [1.807, 2.05) is 0 Å². The minimum Gasteiger partial charge on any atom is -0.383 e. The molecule has 0 atom stereocenters. The molecule has 124 valence electrons. The Balaban J connectivity index is 0.00000400. The molecule has 0 aromatic rings. The summed E-state index contributed by atoms with van der Waals surface area (Å²) in [5, 5.41) is 3.29. The Morgan fingerprint density at radius 3 is 2.33 bits per heavy atom. The maximum atomic E-state index is 12.4. The van der Waals surface area contributed by atoms with E-state index < -0.39 is 0 Å². The van der Waals surface area contributed by atoms with Gasteiger partial charge in [0.1, 0.15) is 0 Å². The minimum atomic E-state index is -0.0558. The first-order valence-corrected chi connectivity index (χ1v) is 7.22. The van der Waals surface area contributed by atoms with E-state index in [1.165, 1.54) is 4.90 Å². The Morgan fingerprint density at radius 2 is 1.81 bits per heavy atom. The molecule has 1 N–H and O–H groups in total. The van der Waals surface area contributed by atoms with Crippen molar-refractivity contribution < 1.29 is 14.3 Å². The van der Waals surface area contributed by atoms with Crippen LogP contribution < -0.4 is 5.32 Å². The molecule has 0 spiro atoms. The quantitative estimate of drug-likeness (QED) is 0.735. The largest absolute Gasteiger partial charge is 0.383 e. The lowest BCUT2D eigenvalue weighted by Crippen LogP contribution is -2.43. The van der Waals surface area contributed by atoms with Gasteiger partial charge in [0, 0.05) is 34.2 Å². The third-order valence-electron chi connectivity index (χ3n) is 3.66. The molecule has 1 rings (SSSR count). The number of nitrogens with zero attached hydrogens (tertiary/aromatic N) is 2. The van der Waals surface area contributed by atoms with Crippen molar-refractivity contribution in [1.29, 1.82) is 0 Å². The van der Waals surface area contributed by atoms with E-state index in [2.05, 4.69) is 5.32 Å². The number of nitrogens with one attached hydrogen (secondary N) is 1. The number of carbonyl (C=O) groups excluding carboxylic acids is 2. The third-order valence-corrected chi connectivity index (χ3v) is 3.66. The molecule has 6 nitrogen and oxygen atoms in total. The van der Waals surface area contributed by atoms with Gasteiger partial charge in [0.2, 0.25) is 11.8 Å². The number of halogens is 1. The third kappa shape index (κ3) is 7.64. The molecule has 1 aliphatic rings. The topological polar surface area (TPSA) is 61.9 Å². The van der Waals surface area contributed by atoms with Gasteiger partial charge in [-0.3, -0.25) is 9.59 Å². The maximum absolute atomic E-state index is 12.4. The zero-order chi connectivity index (χ0) is 15.0. The molecular formula is C14H28ClN3O3. The highest BCUT2D eigenvalue weighted by atomic mass is 35.5. The van der Waals surface area contributed by atoms with Gasteiger partial charge in [-0.05, 0) is 31.8 Å². The molecule has 1 heterocycles. The molecule has 0 unspecified atom stereocenters. The van der Waals surface area contributed by atoms with Crippen molar-refractivity contribution in [2.75, 3.05) is 54.0 Å². The first-order chi connectivity index (χ1) is 9.54. The van der Waals surface area contributed by atoms with Crippen molar-refractivity contribution in [2.45, 2.75) is 19.3 Å². The predicted octanol–water partition coefficient (Wildman–Crippen LogP) is 0.361. The summed E-state index contributed by atoms with van der Waals surface area (Å²) in [6.45, 7) is 3.03. The van der Waals surface area contributed by atoms with Crippen LogP contribution in [0, 0.1) is 5.92 Å². The Morgan fingerprint density at radius 1 is 1.19 bits per heavy atom. The number of piperidine rings is 1. The monoisotopic (exact) mass is 321 g/mol. The number of ether oxygens (including phenoxy) is 1. The highest BCUT2D eigenvalue weighted by Gasteiger charge is 2.22. The van der Waals surface area contributed by atoms with Crippen molar-refractivity contribution in [3.8, 4) is 0 Å². The smallest absolute Gasteiger partial charge is 0.241 e. The fourth-order valence-corrected chi connectivity index (χ4v) is 2.26. The van der Waals surface area contributed by atoms with Gasteiger partial charge in [-0.25, -0.2) is 0 Å². The van der Waals surface area contributed by atoms with E-state index in [9.17, 15) is 9.59 Å². The van der Waals surface area contributed by atoms with Crippen LogP contribution in [0.2, 0.25) is 0 Å². The predicted molar refractivity (Wildman–Crippen MR) is 84.6 cm³/mol. The molecule has 21 heavy (non-hydrogen) atoms. The SMILES string of the molecule is COCCN(CC(=O)N(C)C)C(=O)CC1CCNCC1.Cl. The molecule has 1 fully saturated rings. The summed E-state index contributed by atoms with van der Waals surface area (Å²) < 4.78 is 5.03. The molecular weight excluding hydrogens is 294 g/mol. The highest BCUT2D eigenvalue weighted by Crippen LogP contribution is 2.17. The Kier molecular flexibility index (Phi) is 10.4. The van der Waals surface area contributed by atoms with Gasteiger partial charge in [0.25, 0.3) is 0 Å². The number of hydrogen-bond donors (Lipinski definition) is 1. The van der Waals surface area contributed by atoms with Gasteiger partial charge in [-0.2, -0.15) is 0 Å². The van der Waals surface area contributed by atoms with Crippen molar-refractivity contribution >= 4 is 24.2 Å². The molecule has 0 bridgehead atoms. The second-order valence-electron chi connectivity index (χ2n) is 5.49. The Bertz CT molecular complexity index is 321. The van der Waals surface area contributed by atoms with E-state index >= 15 is 0 Å². The summed E-state index contributed by atoms with van der Waals surface area (Å²) in [6.07, 6.45) is 2.60. The molecule has 7 heteroatoms. The summed E-state index contributed by atoms with van der Waals surface area (Å²) in [5.41, 5.74) is 0. The lowest BCUT2D eigenvalue weighted by molar-refractivity contribution is -0.140. The lowest BCUT2D eigenvalue weighted by Gasteiger charge is -2.27. The molecule has 1 aliphatic heterocycles. The second-order valence-corrected chi connectivity index (χ2v) is 5.49. The summed E-state index contributed by atoms with van der Waals surface area (Å²) in [5.74, 6) is 0.437. The Labute approximate surface area is 133 Å². The molecule has 2 amide bonds. The van der Waals surface area contributed by atoms with Crippen LogP contribution in [-0.4, -0.2) is 75.6 Å². The summed E-state index contributed by atoms with van der Waals surface area (Å²) in [6, 6.07) is 0. The molecule has 0 aromatic heterocycles. The van der Waals surface area contributed by atoms with E-state index in [1.54, 1.807) is 26.1 Å². The van der Waals surface area contributed by atoms with Crippen LogP contribution in [0.3, 0.4) is 0 Å². The number of hydrogen-bond acceptors (Lipinski definition) is 4. The van der Waals surface area contributed by atoms with Crippen LogP contribution >= 0.6 is 12.4 Å².